The molecule has 2 fully saturated rings. The number of aliphatic carboxylic acids is 1. The van der Waals surface area contributed by atoms with Gasteiger partial charge >= 0.3 is 12.1 Å². The van der Waals surface area contributed by atoms with Gasteiger partial charge in [-0.3, -0.25) is 14.5 Å². The second-order valence-electron chi connectivity index (χ2n) is 11.7. The Morgan fingerprint density at radius 1 is 0.857 bits per heavy atom. The van der Waals surface area contributed by atoms with Crippen molar-refractivity contribution in [1.82, 2.24) is 15.1 Å². The molecule has 8 nitrogen and oxygen atoms in total. The molecule has 0 bridgehead atoms. The summed E-state index contributed by atoms with van der Waals surface area (Å²) in [6.45, 7) is 2.83. The smallest absolute Gasteiger partial charge is 0.408 e. The highest BCUT2D eigenvalue weighted by atomic mass is 16.5. The Morgan fingerprint density at radius 3 is 2.12 bits per heavy atom. The van der Waals surface area contributed by atoms with Crippen molar-refractivity contribution in [1.29, 1.82) is 0 Å². The maximum Gasteiger partial charge on any atom is 0.408 e. The predicted octanol–water partition coefficient (Wildman–Crippen LogP) is 4.88. The van der Waals surface area contributed by atoms with Crippen LogP contribution >= 0.6 is 0 Å². The zero-order valence-corrected chi connectivity index (χ0v) is 23.7. The van der Waals surface area contributed by atoms with Gasteiger partial charge in [0.25, 0.3) is 0 Å². The summed E-state index contributed by atoms with van der Waals surface area (Å²) in [7, 11) is 0. The minimum atomic E-state index is -1.14. The molecule has 0 unspecified atom stereocenters. The first-order chi connectivity index (χ1) is 20.4. The standard InChI is InChI=1S/C34H37N3O5/c38-31(39)25-11-8-18-37(22-25)32(40)34(16-19-36(20-17-34)21-24-9-2-1-3-10-24)35-33(41)42-23-30-28-14-6-4-12-26(28)27-13-5-7-15-29(27)30/h1-7,9-10,12-15,25,30H,8,11,16-23H2,(H,35,41)(H,38,39)/t25-/m0/s1. The van der Waals surface area contributed by atoms with E-state index in [1.54, 1.807) is 4.90 Å². The number of fused-ring (bicyclic) bond motifs is 3. The largest absolute Gasteiger partial charge is 0.481 e. The van der Waals surface area contributed by atoms with E-state index in [-0.39, 0.29) is 25.0 Å². The summed E-state index contributed by atoms with van der Waals surface area (Å²) < 4.78 is 5.86. The van der Waals surface area contributed by atoms with E-state index in [4.69, 9.17) is 4.74 Å². The Hall–Kier alpha value is -4.17. The summed E-state index contributed by atoms with van der Waals surface area (Å²) in [6.07, 6.45) is 1.42. The van der Waals surface area contributed by atoms with Gasteiger partial charge < -0.3 is 20.1 Å². The zero-order valence-electron chi connectivity index (χ0n) is 23.7. The predicted molar refractivity (Wildman–Crippen MR) is 159 cm³/mol. The van der Waals surface area contributed by atoms with Gasteiger partial charge in [0.2, 0.25) is 5.91 Å². The number of nitrogens with one attached hydrogen (secondary N) is 1. The molecule has 0 saturated carbocycles. The van der Waals surface area contributed by atoms with Crippen molar-refractivity contribution in [3.63, 3.8) is 0 Å². The normalized spacial score (nSPS) is 19.9. The van der Waals surface area contributed by atoms with Gasteiger partial charge in [0, 0.05) is 38.6 Å². The number of piperidine rings is 2. The minimum Gasteiger partial charge on any atom is -0.481 e. The molecular weight excluding hydrogens is 530 g/mol. The van der Waals surface area contributed by atoms with Gasteiger partial charge in [-0.2, -0.15) is 0 Å². The first-order valence-corrected chi connectivity index (χ1v) is 14.9. The molecule has 8 heteroatoms. The van der Waals surface area contributed by atoms with Gasteiger partial charge in [-0.1, -0.05) is 78.9 Å². The Kier molecular flexibility index (Phi) is 7.98. The average molecular weight is 568 g/mol. The molecule has 0 radical (unpaired) electrons. The van der Waals surface area contributed by atoms with Crippen molar-refractivity contribution in [3.8, 4) is 11.1 Å². The molecule has 0 spiro atoms. The van der Waals surface area contributed by atoms with Crippen LogP contribution in [0.2, 0.25) is 0 Å². The lowest BCUT2D eigenvalue weighted by Crippen LogP contribution is -2.65. The van der Waals surface area contributed by atoms with Gasteiger partial charge in [0.05, 0.1) is 5.92 Å². The van der Waals surface area contributed by atoms with Crippen molar-refractivity contribution in [2.75, 3.05) is 32.8 Å². The third kappa shape index (κ3) is 5.63. The number of hydrogen-bond donors (Lipinski definition) is 2. The van der Waals surface area contributed by atoms with E-state index in [2.05, 4.69) is 46.6 Å². The molecule has 3 aromatic carbocycles. The summed E-state index contributed by atoms with van der Waals surface area (Å²) in [6, 6.07) is 26.5. The first kappa shape index (κ1) is 28.0. The molecule has 218 valence electrons. The van der Waals surface area contributed by atoms with Gasteiger partial charge in [0.15, 0.2) is 0 Å². The van der Waals surface area contributed by atoms with E-state index < -0.39 is 23.5 Å². The highest BCUT2D eigenvalue weighted by Crippen LogP contribution is 2.44. The number of rotatable bonds is 7. The molecule has 2 heterocycles. The molecule has 3 aliphatic rings. The number of carbonyl (C=O) groups excluding carboxylic acids is 2. The third-order valence-corrected chi connectivity index (χ3v) is 9.11. The molecule has 6 rings (SSSR count). The van der Waals surface area contributed by atoms with Crippen LogP contribution in [0.5, 0.6) is 0 Å². The molecule has 42 heavy (non-hydrogen) atoms. The van der Waals surface area contributed by atoms with Crippen molar-refractivity contribution < 1.29 is 24.2 Å². The third-order valence-electron chi connectivity index (χ3n) is 9.11. The highest BCUT2D eigenvalue weighted by molar-refractivity contribution is 5.91. The average Bonchev–Trinajstić information content (AvgIpc) is 3.35. The second-order valence-corrected chi connectivity index (χ2v) is 11.7. The van der Waals surface area contributed by atoms with Crippen LogP contribution in [-0.2, 0) is 20.9 Å². The molecule has 3 aromatic rings. The second kappa shape index (κ2) is 12.0. The summed E-state index contributed by atoms with van der Waals surface area (Å²) in [4.78, 5) is 43.1. The number of likely N-dealkylation sites (tertiary alicyclic amines) is 2. The minimum absolute atomic E-state index is 0.0825. The first-order valence-electron chi connectivity index (χ1n) is 14.9. The van der Waals surface area contributed by atoms with Crippen LogP contribution in [0, 0.1) is 5.92 Å². The van der Waals surface area contributed by atoms with Crippen molar-refractivity contribution in [3.05, 3.63) is 95.6 Å². The van der Waals surface area contributed by atoms with Gasteiger partial charge in [0.1, 0.15) is 12.1 Å². The summed E-state index contributed by atoms with van der Waals surface area (Å²) in [5, 5.41) is 12.6. The van der Waals surface area contributed by atoms with E-state index in [1.807, 2.05) is 42.5 Å². The number of alkyl carbamates (subject to hydrolysis) is 1. The fraction of sp³-hybridized carbons (Fsp3) is 0.382. The van der Waals surface area contributed by atoms with E-state index in [0.29, 0.717) is 45.3 Å². The van der Waals surface area contributed by atoms with Crippen molar-refractivity contribution in [2.45, 2.75) is 43.7 Å². The Bertz CT molecular complexity index is 1400. The number of ether oxygens (including phenoxy) is 1. The SMILES string of the molecule is O=C(NC1(C(=O)N2CCC[C@H](C(=O)O)C2)CCN(Cc2ccccc2)CC1)OCC1c2ccccc2-c2ccccc21. The number of hydrogen-bond acceptors (Lipinski definition) is 5. The fourth-order valence-electron chi connectivity index (χ4n) is 6.82. The van der Waals surface area contributed by atoms with E-state index in [1.165, 1.54) is 5.56 Å². The monoisotopic (exact) mass is 567 g/mol. The van der Waals surface area contributed by atoms with Crippen molar-refractivity contribution >= 4 is 18.0 Å². The maximum absolute atomic E-state index is 14.1. The van der Waals surface area contributed by atoms with Gasteiger partial charge in [-0.15, -0.1) is 0 Å². The molecule has 2 saturated heterocycles. The van der Waals surface area contributed by atoms with Crippen molar-refractivity contribution in [2.24, 2.45) is 5.92 Å². The van der Waals surface area contributed by atoms with Gasteiger partial charge in [-0.05, 0) is 53.5 Å². The lowest BCUT2D eigenvalue weighted by molar-refractivity contribution is -0.148. The van der Waals surface area contributed by atoms with Crippen LogP contribution in [-0.4, -0.2) is 71.2 Å². The molecule has 2 amide bonds. The van der Waals surface area contributed by atoms with Crippen LogP contribution in [0.15, 0.2) is 78.9 Å². The molecular formula is C34H37N3O5. The Labute approximate surface area is 246 Å². The Morgan fingerprint density at radius 2 is 1.48 bits per heavy atom. The molecule has 2 N–H and O–H groups in total. The van der Waals surface area contributed by atoms with Crippen LogP contribution < -0.4 is 5.32 Å². The number of nitrogens with zero attached hydrogens (tertiary/aromatic N) is 2. The van der Waals surface area contributed by atoms with Gasteiger partial charge in [-0.25, -0.2) is 4.79 Å². The summed E-state index contributed by atoms with van der Waals surface area (Å²) in [5.41, 5.74) is 4.60. The quantitative estimate of drug-likeness (QED) is 0.422. The molecule has 0 aromatic heterocycles. The molecule has 1 aliphatic carbocycles. The number of amides is 2. The number of carbonyl (C=O) groups is 3. The molecule has 2 aliphatic heterocycles. The summed E-state index contributed by atoms with van der Waals surface area (Å²) >= 11 is 0. The Balaban J connectivity index is 1.17. The van der Waals surface area contributed by atoms with Crippen LogP contribution in [0.1, 0.15) is 48.3 Å². The summed E-state index contributed by atoms with van der Waals surface area (Å²) in [5.74, 6) is -1.77. The topological polar surface area (TPSA) is 99.2 Å². The zero-order chi connectivity index (χ0) is 29.1. The van der Waals surface area contributed by atoms with E-state index >= 15 is 0 Å². The number of benzene rings is 3. The number of carboxylic acids is 1. The lowest BCUT2D eigenvalue weighted by Gasteiger charge is -2.44. The van der Waals surface area contributed by atoms with E-state index in [9.17, 15) is 19.5 Å². The van der Waals surface area contributed by atoms with Crippen LogP contribution in [0.4, 0.5) is 4.79 Å². The molecule has 1 atom stereocenters. The van der Waals surface area contributed by atoms with E-state index in [0.717, 1.165) is 28.8 Å². The number of carboxylic acid groups (broad SMARTS) is 1. The lowest BCUT2D eigenvalue weighted by atomic mass is 9.84. The maximum atomic E-state index is 14.1. The van der Waals surface area contributed by atoms with Crippen LogP contribution in [0.3, 0.4) is 0 Å². The fourth-order valence-corrected chi connectivity index (χ4v) is 6.82. The van der Waals surface area contributed by atoms with Crippen LogP contribution in [0.25, 0.3) is 11.1 Å². The highest BCUT2D eigenvalue weighted by Gasteiger charge is 2.46.